The number of hydrogen-bond acceptors (Lipinski definition) is 5. The zero-order chi connectivity index (χ0) is 25.0. The van der Waals surface area contributed by atoms with Crippen LogP contribution in [0.2, 0.25) is 0 Å². The first-order valence-corrected chi connectivity index (χ1v) is 13.9. The zero-order valence-electron chi connectivity index (χ0n) is 21.3. The highest BCUT2D eigenvalue weighted by Gasteiger charge is 2.42. The first kappa shape index (κ1) is 23.2. The number of ether oxygens (including phenoxy) is 2. The fourth-order valence-electron chi connectivity index (χ4n) is 6.68. The van der Waals surface area contributed by atoms with Crippen molar-refractivity contribution in [2.75, 3.05) is 26.3 Å². The molecule has 0 aromatic heterocycles. The average molecular weight is 502 g/mol. The number of fused-ring (bicyclic) bond motifs is 3. The van der Waals surface area contributed by atoms with Gasteiger partial charge < -0.3 is 24.6 Å². The Morgan fingerprint density at radius 3 is 2.38 bits per heavy atom. The first-order chi connectivity index (χ1) is 18.1. The third-order valence-corrected chi connectivity index (χ3v) is 9.06. The molecule has 2 unspecified atom stereocenters. The van der Waals surface area contributed by atoms with Gasteiger partial charge in [-0.15, -0.1) is 0 Å². The second kappa shape index (κ2) is 9.14. The Morgan fingerprint density at radius 2 is 1.65 bits per heavy atom. The van der Waals surface area contributed by atoms with Gasteiger partial charge in [0.2, 0.25) is 0 Å². The standard InChI is InChI=1S/C30H35N3O4/c34-28(33-23-6-7-24(33)19-36-18-23)20-5-10-26(27(15-20)37-25-8-9-25)29(35)32-13-11-30(12-14-32)16-21-3-1-2-4-22(21)17-31-30/h1-5,10,15,23-25,31H,6-9,11-14,16-19H2. The van der Waals surface area contributed by atoms with Crippen LogP contribution in [0.15, 0.2) is 42.5 Å². The summed E-state index contributed by atoms with van der Waals surface area (Å²) in [6.45, 7) is 3.55. The van der Waals surface area contributed by atoms with Crippen molar-refractivity contribution < 1.29 is 19.1 Å². The molecule has 194 valence electrons. The number of hydrogen-bond donors (Lipinski definition) is 1. The molecule has 5 aliphatic rings. The number of morpholine rings is 1. The van der Waals surface area contributed by atoms with Crippen molar-refractivity contribution in [1.82, 2.24) is 15.1 Å². The maximum atomic E-state index is 13.7. The van der Waals surface area contributed by atoms with E-state index in [-0.39, 0.29) is 35.5 Å². The lowest BCUT2D eigenvalue weighted by atomic mass is 9.78. The van der Waals surface area contributed by atoms with Gasteiger partial charge in [-0.25, -0.2) is 0 Å². The fraction of sp³-hybridized carbons (Fsp3) is 0.533. The molecule has 7 heteroatoms. The van der Waals surface area contributed by atoms with Crippen LogP contribution >= 0.6 is 0 Å². The molecule has 1 N–H and O–H groups in total. The average Bonchev–Trinajstić information content (AvgIpc) is 3.71. The number of carbonyl (C=O) groups excluding carboxylic acids is 2. The fourth-order valence-corrected chi connectivity index (χ4v) is 6.68. The first-order valence-electron chi connectivity index (χ1n) is 13.9. The lowest BCUT2D eigenvalue weighted by Gasteiger charge is -2.45. The molecule has 37 heavy (non-hydrogen) atoms. The summed E-state index contributed by atoms with van der Waals surface area (Å²) in [4.78, 5) is 31.1. The van der Waals surface area contributed by atoms with E-state index in [9.17, 15) is 9.59 Å². The number of carbonyl (C=O) groups is 2. The summed E-state index contributed by atoms with van der Waals surface area (Å²) < 4.78 is 11.9. The Labute approximate surface area is 218 Å². The zero-order valence-corrected chi connectivity index (χ0v) is 21.3. The van der Waals surface area contributed by atoms with E-state index >= 15 is 0 Å². The molecule has 3 saturated heterocycles. The van der Waals surface area contributed by atoms with Crippen molar-refractivity contribution in [3.8, 4) is 5.75 Å². The van der Waals surface area contributed by atoms with Crippen molar-refractivity contribution >= 4 is 11.8 Å². The van der Waals surface area contributed by atoms with Gasteiger partial charge in [0.05, 0.1) is 37.0 Å². The number of benzene rings is 2. The highest BCUT2D eigenvalue weighted by atomic mass is 16.5. The molecule has 4 aliphatic heterocycles. The van der Waals surface area contributed by atoms with Crippen LogP contribution < -0.4 is 10.1 Å². The smallest absolute Gasteiger partial charge is 0.257 e. The molecular formula is C30H35N3O4. The molecule has 4 fully saturated rings. The Morgan fingerprint density at radius 1 is 0.919 bits per heavy atom. The third kappa shape index (κ3) is 4.32. The molecule has 1 spiro atoms. The molecule has 1 saturated carbocycles. The predicted octanol–water partition coefficient (Wildman–Crippen LogP) is 3.55. The van der Waals surface area contributed by atoms with E-state index in [1.54, 1.807) is 0 Å². The van der Waals surface area contributed by atoms with Gasteiger partial charge in [0.1, 0.15) is 5.75 Å². The van der Waals surface area contributed by atoms with Gasteiger partial charge in [-0.2, -0.15) is 0 Å². The number of amides is 2. The molecule has 2 aromatic rings. The number of likely N-dealkylation sites (tertiary alicyclic amines) is 1. The summed E-state index contributed by atoms with van der Waals surface area (Å²) in [6.07, 6.45) is 7.02. The van der Waals surface area contributed by atoms with Gasteiger partial charge in [-0.1, -0.05) is 24.3 Å². The Balaban J connectivity index is 1.08. The minimum atomic E-state index is 0.00662. The van der Waals surface area contributed by atoms with Crippen LogP contribution in [0.1, 0.15) is 70.4 Å². The van der Waals surface area contributed by atoms with Gasteiger partial charge in [-0.05, 0) is 74.3 Å². The monoisotopic (exact) mass is 501 g/mol. The van der Waals surface area contributed by atoms with Crippen LogP contribution in [0.4, 0.5) is 0 Å². The maximum absolute atomic E-state index is 13.7. The number of rotatable bonds is 4. The van der Waals surface area contributed by atoms with Gasteiger partial charge in [0.15, 0.2) is 0 Å². The van der Waals surface area contributed by atoms with Crippen LogP contribution in [0, 0.1) is 0 Å². The van der Waals surface area contributed by atoms with Crippen molar-refractivity contribution in [3.05, 3.63) is 64.7 Å². The summed E-state index contributed by atoms with van der Waals surface area (Å²) in [7, 11) is 0. The van der Waals surface area contributed by atoms with Crippen LogP contribution in [-0.2, 0) is 17.7 Å². The van der Waals surface area contributed by atoms with Crippen LogP contribution in [0.3, 0.4) is 0 Å². The summed E-state index contributed by atoms with van der Waals surface area (Å²) in [5.74, 6) is 0.593. The van der Waals surface area contributed by atoms with Gasteiger partial charge in [-0.3, -0.25) is 9.59 Å². The van der Waals surface area contributed by atoms with E-state index in [1.807, 2.05) is 28.0 Å². The highest BCUT2D eigenvalue weighted by molar-refractivity contribution is 6.00. The summed E-state index contributed by atoms with van der Waals surface area (Å²) in [5.41, 5.74) is 4.05. The number of nitrogens with one attached hydrogen (secondary N) is 1. The number of nitrogens with zero attached hydrogens (tertiary/aromatic N) is 2. The van der Waals surface area contributed by atoms with Crippen molar-refractivity contribution in [2.45, 2.75) is 75.2 Å². The minimum Gasteiger partial charge on any atom is -0.490 e. The molecular weight excluding hydrogens is 466 g/mol. The van der Waals surface area contributed by atoms with E-state index < -0.39 is 0 Å². The Bertz CT molecular complexity index is 1200. The molecule has 2 aromatic carbocycles. The lowest BCUT2D eigenvalue weighted by Crippen LogP contribution is -2.57. The van der Waals surface area contributed by atoms with Gasteiger partial charge in [0.25, 0.3) is 11.8 Å². The Hall–Kier alpha value is -2.90. The molecule has 1 aliphatic carbocycles. The largest absolute Gasteiger partial charge is 0.490 e. The molecule has 2 bridgehead atoms. The van der Waals surface area contributed by atoms with Gasteiger partial charge in [0, 0.05) is 30.7 Å². The van der Waals surface area contributed by atoms with E-state index in [0.717, 1.165) is 51.5 Å². The second-order valence-corrected chi connectivity index (χ2v) is 11.5. The van der Waals surface area contributed by atoms with Crippen LogP contribution in [0.25, 0.3) is 0 Å². The normalized spacial score (nSPS) is 26.2. The Kier molecular flexibility index (Phi) is 5.74. The lowest BCUT2D eigenvalue weighted by molar-refractivity contribution is -0.00718. The highest BCUT2D eigenvalue weighted by Crippen LogP contribution is 2.36. The van der Waals surface area contributed by atoms with Crippen LogP contribution in [0.5, 0.6) is 5.75 Å². The summed E-state index contributed by atoms with van der Waals surface area (Å²) >= 11 is 0. The summed E-state index contributed by atoms with van der Waals surface area (Å²) in [6, 6.07) is 14.4. The third-order valence-electron chi connectivity index (χ3n) is 9.06. The molecule has 0 radical (unpaired) electrons. The predicted molar refractivity (Wildman–Crippen MR) is 139 cm³/mol. The van der Waals surface area contributed by atoms with Crippen molar-refractivity contribution in [3.63, 3.8) is 0 Å². The number of piperidine rings is 1. The van der Waals surface area contributed by atoms with E-state index in [1.165, 1.54) is 11.1 Å². The van der Waals surface area contributed by atoms with E-state index in [0.29, 0.717) is 43.2 Å². The molecule has 7 nitrogen and oxygen atoms in total. The maximum Gasteiger partial charge on any atom is 0.257 e. The van der Waals surface area contributed by atoms with E-state index in [4.69, 9.17) is 9.47 Å². The topological polar surface area (TPSA) is 71.1 Å². The van der Waals surface area contributed by atoms with Crippen molar-refractivity contribution in [2.24, 2.45) is 0 Å². The van der Waals surface area contributed by atoms with Crippen LogP contribution in [-0.4, -0.2) is 71.6 Å². The summed E-state index contributed by atoms with van der Waals surface area (Å²) in [5, 5.41) is 3.79. The quantitative estimate of drug-likeness (QED) is 0.694. The van der Waals surface area contributed by atoms with Gasteiger partial charge >= 0.3 is 0 Å². The molecule has 4 heterocycles. The SMILES string of the molecule is O=C(c1ccc(C(=O)N2C3CCC2COC3)cc1OC1CC1)N1CCC2(CC1)Cc1ccccc1CN2. The molecule has 2 atom stereocenters. The molecule has 2 amide bonds. The minimum absolute atomic E-state index is 0.00662. The molecule has 7 rings (SSSR count). The van der Waals surface area contributed by atoms with E-state index in [2.05, 4.69) is 29.6 Å². The van der Waals surface area contributed by atoms with Crippen molar-refractivity contribution in [1.29, 1.82) is 0 Å². The second-order valence-electron chi connectivity index (χ2n) is 11.5.